The summed E-state index contributed by atoms with van der Waals surface area (Å²) in [4.78, 5) is 0. The van der Waals surface area contributed by atoms with Crippen molar-refractivity contribution in [2.45, 2.75) is 0 Å². The van der Waals surface area contributed by atoms with Crippen LogP contribution >= 0.6 is 11.8 Å². The minimum atomic E-state index is 0. The molecule has 0 fully saturated rings. The molecule has 0 saturated carbocycles. The number of phenols is 1. The molecule has 1 rings (SSSR count). The minimum Gasteiger partial charge on any atom is -0.508 e. The van der Waals surface area contributed by atoms with Crippen molar-refractivity contribution in [2.24, 2.45) is 0 Å². The summed E-state index contributed by atoms with van der Waals surface area (Å²) < 4.78 is 6.82. The SMILES string of the molecule is [3H]CSC#Cc1ccc(O)cc1.[Ac]. The fourth-order valence-electron chi connectivity index (χ4n) is 0.640. The minimum absolute atomic E-state index is 0. The van der Waals surface area contributed by atoms with E-state index in [0.29, 0.717) is 0 Å². The molecule has 0 aliphatic rings. The van der Waals surface area contributed by atoms with Crippen LogP contribution in [0.3, 0.4) is 0 Å². The molecule has 0 amide bonds. The van der Waals surface area contributed by atoms with Crippen LogP contribution in [0.4, 0.5) is 0 Å². The smallest absolute Gasteiger partial charge is 0.115 e. The molecule has 0 spiro atoms. The van der Waals surface area contributed by atoms with Crippen LogP contribution in [0.15, 0.2) is 24.3 Å². The van der Waals surface area contributed by atoms with Gasteiger partial charge in [0.2, 0.25) is 0 Å². The monoisotopic (exact) mass is 393 g/mol. The molecule has 59 valence electrons. The van der Waals surface area contributed by atoms with Crippen molar-refractivity contribution in [1.82, 2.24) is 0 Å². The number of benzene rings is 1. The van der Waals surface area contributed by atoms with Gasteiger partial charge in [0, 0.05) is 51.0 Å². The van der Waals surface area contributed by atoms with Gasteiger partial charge in [0.05, 0.1) is 0 Å². The quantitative estimate of drug-likeness (QED) is 0.682. The first-order valence-corrected chi connectivity index (χ1v) is 4.02. The Kier molecular flexibility index (Phi) is 5.96. The van der Waals surface area contributed by atoms with Crippen LogP contribution in [0.5, 0.6) is 5.75 Å². The second-order valence-electron chi connectivity index (χ2n) is 1.92. The average molecular weight is 393 g/mol. The summed E-state index contributed by atoms with van der Waals surface area (Å²) in [5.74, 6) is 3.10. The number of hydrogen-bond donors (Lipinski definition) is 1. The van der Waals surface area contributed by atoms with E-state index in [1.165, 1.54) is 11.8 Å². The van der Waals surface area contributed by atoms with Gasteiger partial charge >= 0.3 is 0 Å². The second-order valence-corrected chi connectivity index (χ2v) is 2.41. The third kappa shape index (κ3) is 4.41. The topological polar surface area (TPSA) is 20.2 Å². The van der Waals surface area contributed by atoms with Gasteiger partial charge in [-0.05, 0) is 35.7 Å². The summed E-state index contributed by atoms with van der Waals surface area (Å²) >= 11 is 1.25. The number of hydrogen-bond acceptors (Lipinski definition) is 2. The Morgan fingerprint density at radius 2 is 2.08 bits per heavy atom. The van der Waals surface area contributed by atoms with Gasteiger partial charge in [0.25, 0.3) is 0 Å². The molecule has 0 unspecified atom stereocenters. The molecule has 0 aliphatic heterocycles. The van der Waals surface area contributed by atoms with E-state index in [9.17, 15) is 0 Å². The van der Waals surface area contributed by atoms with E-state index in [0.717, 1.165) is 5.56 Å². The van der Waals surface area contributed by atoms with Crippen molar-refractivity contribution < 1.29 is 50.5 Å². The normalized spacial score (nSPS) is 8.83. The predicted octanol–water partition coefficient (Wildman–Crippen LogP) is 2.06. The van der Waals surface area contributed by atoms with Crippen molar-refractivity contribution in [3.05, 3.63) is 29.8 Å². The Morgan fingerprint density at radius 1 is 1.42 bits per heavy atom. The predicted molar refractivity (Wildman–Crippen MR) is 48.5 cm³/mol. The molecular formula is C9H8AcOS. The van der Waals surface area contributed by atoms with E-state index in [1.54, 1.807) is 24.3 Å². The summed E-state index contributed by atoms with van der Waals surface area (Å²) in [6.07, 6.45) is 0.255. The van der Waals surface area contributed by atoms with E-state index in [1.807, 2.05) is 0 Å². The van der Waals surface area contributed by atoms with Crippen LogP contribution in [0.1, 0.15) is 6.93 Å². The fraction of sp³-hybridized carbons (Fsp3) is 0.111. The molecule has 0 aromatic heterocycles. The first kappa shape index (κ1) is 10.5. The molecule has 1 aromatic carbocycles. The molecular weight excluding hydrogens is 383 g/mol. The molecule has 1 N–H and O–H groups in total. The molecule has 1 radical (unpaired) electrons. The number of phenolic OH excluding ortho intramolecular Hbond substituents is 1. The third-order valence-corrected chi connectivity index (χ3v) is 1.38. The van der Waals surface area contributed by atoms with Crippen molar-refractivity contribution in [2.75, 3.05) is 6.23 Å². The Balaban J connectivity index is 0.00000144. The summed E-state index contributed by atoms with van der Waals surface area (Å²) in [6.45, 7) is 0. The first-order valence-electron chi connectivity index (χ1n) is 3.74. The Hall–Kier alpha value is 0.372. The molecule has 0 saturated heterocycles. The van der Waals surface area contributed by atoms with Crippen LogP contribution in [0.2, 0.25) is 0 Å². The summed E-state index contributed by atoms with van der Waals surface area (Å²) in [6, 6.07) is 6.67. The fourth-order valence-corrected chi connectivity index (χ4v) is 0.830. The van der Waals surface area contributed by atoms with Gasteiger partial charge in [-0.2, -0.15) is 0 Å². The zero-order valence-corrected chi connectivity index (χ0v) is 12.0. The molecule has 1 nitrogen and oxygen atoms in total. The average Bonchev–Trinajstić information content (AvgIpc) is 2.09. The van der Waals surface area contributed by atoms with Crippen molar-refractivity contribution in [3.63, 3.8) is 0 Å². The maximum absolute atomic E-state index is 8.94. The van der Waals surface area contributed by atoms with Gasteiger partial charge in [0.15, 0.2) is 0 Å². The third-order valence-electron chi connectivity index (χ3n) is 1.13. The standard InChI is InChI=1S/C9H8OS.Ac/c1-11-7-6-8-2-4-9(10)5-3-8;/h2-5,10H,1H3;/i1T;. The summed E-state index contributed by atoms with van der Waals surface area (Å²) in [7, 11) is 0. The molecule has 3 heteroatoms. The van der Waals surface area contributed by atoms with Crippen LogP contribution in [0, 0.1) is 55.2 Å². The van der Waals surface area contributed by atoms with Crippen molar-refractivity contribution in [3.8, 4) is 16.9 Å². The molecule has 0 atom stereocenters. The van der Waals surface area contributed by atoms with Crippen LogP contribution in [0.25, 0.3) is 0 Å². The van der Waals surface area contributed by atoms with Crippen LogP contribution in [-0.4, -0.2) is 11.3 Å². The van der Waals surface area contributed by atoms with E-state index in [4.69, 9.17) is 6.48 Å². The molecule has 0 bridgehead atoms. The number of aromatic hydroxyl groups is 1. The molecule has 0 heterocycles. The van der Waals surface area contributed by atoms with Gasteiger partial charge in [-0.25, -0.2) is 0 Å². The molecule has 12 heavy (non-hydrogen) atoms. The maximum atomic E-state index is 8.94. The Bertz CT molecular complexity index is 302. The van der Waals surface area contributed by atoms with Gasteiger partial charge in [-0.3, -0.25) is 0 Å². The van der Waals surface area contributed by atoms with Crippen LogP contribution in [-0.2, 0) is 0 Å². The zero-order chi connectivity index (χ0) is 8.81. The molecule has 0 aliphatic carbocycles. The van der Waals surface area contributed by atoms with Gasteiger partial charge in [0.1, 0.15) is 5.75 Å². The summed E-state index contributed by atoms with van der Waals surface area (Å²) in [5, 5.41) is 11.7. The van der Waals surface area contributed by atoms with Crippen LogP contribution < -0.4 is 0 Å². The van der Waals surface area contributed by atoms with E-state index in [2.05, 4.69) is 11.2 Å². The van der Waals surface area contributed by atoms with Gasteiger partial charge in [-0.1, -0.05) is 17.7 Å². The van der Waals surface area contributed by atoms with E-state index < -0.39 is 0 Å². The van der Waals surface area contributed by atoms with E-state index in [-0.39, 0.29) is 56.0 Å². The Labute approximate surface area is 114 Å². The number of thioether (sulfide) groups is 1. The number of rotatable bonds is 0. The van der Waals surface area contributed by atoms with Gasteiger partial charge in [-0.15, -0.1) is 0 Å². The first-order chi connectivity index (χ1) is 5.83. The van der Waals surface area contributed by atoms with E-state index >= 15 is 0 Å². The van der Waals surface area contributed by atoms with Crippen molar-refractivity contribution >= 4 is 11.8 Å². The maximum Gasteiger partial charge on any atom is 0.115 e. The Morgan fingerprint density at radius 3 is 2.67 bits per heavy atom. The molecule has 1 aromatic rings. The summed E-state index contributed by atoms with van der Waals surface area (Å²) in [5.41, 5.74) is 0.855. The van der Waals surface area contributed by atoms with Crippen molar-refractivity contribution in [1.29, 1.82) is 0 Å². The second kappa shape index (κ2) is 6.84. The largest absolute Gasteiger partial charge is 0.508 e. The zero-order valence-electron chi connectivity index (χ0n) is 7.45. The van der Waals surface area contributed by atoms with Gasteiger partial charge < -0.3 is 5.11 Å².